The Morgan fingerprint density at radius 1 is 1.14 bits per heavy atom. The number of aryl methyl sites for hydroxylation is 1. The molecule has 8 nitrogen and oxygen atoms in total. The normalized spacial score (nSPS) is 14.2. The van der Waals surface area contributed by atoms with Gasteiger partial charge in [0.05, 0.1) is 30.7 Å². The van der Waals surface area contributed by atoms with E-state index in [9.17, 15) is 9.59 Å². The molecule has 2 aromatic carbocycles. The van der Waals surface area contributed by atoms with Crippen LogP contribution in [0, 0.1) is 6.92 Å². The number of hydrogen-bond acceptors (Lipinski definition) is 8. The molecule has 0 saturated heterocycles. The Labute approximate surface area is 221 Å². The zero-order valence-corrected chi connectivity index (χ0v) is 22.6. The van der Waals surface area contributed by atoms with Gasteiger partial charge in [-0.25, -0.2) is 9.78 Å². The van der Waals surface area contributed by atoms with Crippen LogP contribution in [0.2, 0.25) is 0 Å². The van der Waals surface area contributed by atoms with Crippen LogP contribution >= 0.6 is 27.3 Å². The van der Waals surface area contributed by atoms with Crippen molar-refractivity contribution in [2.75, 3.05) is 18.7 Å². The van der Waals surface area contributed by atoms with Crippen molar-refractivity contribution in [3.63, 3.8) is 0 Å². The zero-order valence-electron chi connectivity index (χ0n) is 20.2. The van der Waals surface area contributed by atoms with Gasteiger partial charge in [0.25, 0.3) is 5.91 Å². The molecule has 0 fully saturated rings. The van der Waals surface area contributed by atoms with Crippen LogP contribution in [-0.4, -0.2) is 36.3 Å². The van der Waals surface area contributed by atoms with Gasteiger partial charge in [-0.05, 0) is 62.2 Å². The zero-order chi connectivity index (χ0) is 25.8. The van der Waals surface area contributed by atoms with E-state index < -0.39 is 5.97 Å². The number of halogens is 1. The van der Waals surface area contributed by atoms with E-state index in [2.05, 4.69) is 26.0 Å². The number of carbonyl (C=O) groups is 2. The van der Waals surface area contributed by atoms with Crippen LogP contribution in [0.1, 0.15) is 40.3 Å². The van der Waals surface area contributed by atoms with Crippen LogP contribution in [0.15, 0.2) is 57.6 Å². The molecular weight excluding hydrogens is 546 g/mol. The minimum Gasteiger partial charge on any atom is -0.493 e. The second-order valence-electron chi connectivity index (χ2n) is 7.82. The molecule has 0 spiro atoms. The van der Waals surface area contributed by atoms with Gasteiger partial charge >= 0.3 is 5.97 Å². The number of carbonyl (C=O) groups excluding carboxylic acids is 2. The van der Waals surface area contributed by atoms with Gasteiger partial charge in [0, 0.05) is 4.47 Å². The van der Waals surface area contributed by atoms with Crippen LogP contribution in [0.5, 0.6) is 11.5 Å². The molecule has 0 N–H and O–H groups in total. The number of benzene rings is 2. The summed E-state index contributed by atoms with van der Waals surface area (Å²) >= 11 is 4.50. The molecule has 10 heteroatoms. The van der Waals surface area contributed by atoms with E-state index in [-0.39, 0.29) is 12.5 Å². The van der Waals surface area contributed by atoms with Crippen LogP contribution in [0.3, 0.4) is 0 Å². The highest BCUT2D eigenvalue weighted by atomic mass is 79.9. The molecular formula is C26H24BrN3O5S. The van der Waals surface area contributed by atoms with Crippen molar-refractivity contribution in [1.82, 2.24) is 4.98 Å². The lowest BCUT2D eigenvalue weighted by atomic mass is 10.1. The summed E-state index contributed by atoms with van der Waals surface area (Å²) in [5, 5.41) is 5.91. The smallest absolute Gasteiger partial charge is 0.350 e. The van der Waals surface area contributed by atoms with E-state index >= 15 is 0 Å². The predicted octanol–water partition coefficient (Wildman–Crippen LogP) is 5.78. The third-order valence-corrected chi connectivity index (χ3v) is 6.94. The second-order valence-corrected chi connectivity index (χ2v) is 9.71. The number of esters is 1. The number of aromatic nitrogens is 1. The van der Waals surface area contributed by atoms with Gasteiger partial charge in [0.15, 0.2) is 11.5 Å². The summed E-state index contributed by atoms with van der Waals surface area (Å²) in [4.78, 5) is 30.0. The Bertz CT molecular complexity index is 1360. The van der Waals surface area contributed by atoms with Crippen molar-refractivity contribution in [2.24, 2.45) is 5.10 Å². The Morgan fingerprint density at radius 2 is 1.89 bits per heavy atom. The summed E-state index contributed by atoms with van der Waals surface area (Å²) < 4.78 is 17.5. The molecule has 1 aromatic heterocycles. The van der Waals surface area contributed by atoms with Crippen molar-refractivity contribution in [3.05, 3.63) is 74.2 Å². The number of amides is 1. The fourth-order valence-corrected chi connectivity index (χ4v) is 4.65. The van der Waals surface area contributed by atoms with E-state index in [4.69, 9.17) is 14.2 Å². The number of thiazole rings is 1. The first-order valence-electron chi connectivity index (χ1n) is 11.1. The summed E-state index contributed by atoms with van der Waals surface area (Å²) in [6.45, 7) is 5.84. The minimum atomic E-state index is -0.462. The predicted molar refractivity (Wildman–Crippen MR) is 143 cm³/mol. The number of nitrogens with zero attached hydrogens (tertiary/aromatic N) is 3. The third kappa shape index (κ3) is 5.50. The Kier molecular flexibility index (Phi) is 7.85. The molecule has 0 bridgehead atoms. The summed E-state index contributed by atoms with van der Waals surface area (Å²) in [6, 6.07) is 13.3. The molecule has 1 amide bonds. The van der Waals surface area contributed by atoms with Crippen molar-refractivity contribution in [3.8, 4) is 11.5 Å². The summed E-state index contributed by atoms with van der Waals surface area (Å²) in [5.74, 6) is 0.354. The lowest BCUT2D eigenvalue weighted by Gasteiger charge is -2.12. The maximum Gasteiger partial charge on any atom is 0.350 e. The quantitative estimate of drug-likeness (QED) is 0.252. The van der Waals surface area contributed by atoms with Crippen molar-refractivity contribution >= 4 is 56.1 Å². The van der Waals surface area contributed by atoms with E-state index in [1.807, 2.05) is 36.4 Å². The molecule has 0 atom stereocenters. The first kappa shape index (κ1) is 25.6. The van der Waals surface area contributed by atoms with Gasteiger partial charge in [-0.3, -0.25) is 4.79 Å². The van der Waals surface area contributed by atoms with Gasteiger partial charge in [-0.15, -0.1) is 0 Å². The fourth-order valence-electron chi connectivity index (χ4n) is 3.47. The number of methoxy groups -OCH3 is 1. The molecule has 0 radical (unpaired) electrons. The molecule has 0 saturated carbocycles. The van der Waals surface area contributed by atoms with E-state index in [0.717, 1.165) is 26.9 Å². The van der Waals surface area contributed by atoms with Crippen molar-refractivity contribution in [1.29, 1.82) is 0 Å². The highest BCUT2D eigenvalue weighted by Gasteiger charge is 2.32. The third-order valence-electron chi connectivity index (χ3n) is 5.30. The first-order chi connectivity index (χ1) is 17.3. The molecule has 1 aliphatic heterocycles. The molecule has 0 aliphatic carbocycles. The van der Waals surface area contributed by atoms with Gasteiger partial charge in [0.1, 0.15) is 11.5 Å². The molecule has 36 heavy (non-hydrogen) atoms. The van der Waals surface area contributed by atoms with E-state index in [1.165, 1.54) is 5.01 Å². The molecule has 186 valence electrons. The summed E-state index contributed by atoms with van der Waals surface area (Å²) in [5.41, 5.74) is 3.24. The largest absolute Gasteiger partial charge is 0.493 e. The van der Waals surface area contributed by atoms with E-state index in [0.29, 0.717) is 45.1 Å². The molecule has 1 aliphatic rings. The molecule has 4 rings (SSSR count). The number of anilines is 1. The minimum absolute atomic E-state index is 0.260. The van der Waals surface area contributed by atoms with Gasteiger partial charge in [0.2, 0.25) is 5.13 Å². The van der Waals surface area contributed by atoms with Gasteiger partial charge < -0.3 is 14.2 Å². The monoisotopic (exact) mass is 569 g/mol. The highest BCUT2D eigenvalue weighted by Crippen LogP contribution is 2.33. The van der Waals surface area contributed by atoms with Crippen LogP contribution < -0.4 is 14.5 Å². The number of hydrogen-bond donors (Lipinski definition) is 0. The van der Waals surface area contributed by atoms with Crippen molar-refractivity contribution < 1.29 is 23.8 Å². The lowest BCUT2D eigenvalue weighted by Crippen LogP contribution is -2.21. The number of hydrazone groups is 1. The summed E-state index contributed by atoms with van der Waals surface area (Å²) in [7, 11) is 1.57. The Balaban J connectivity index is 1.53. The van der Waals surface area contributed by atoms with Crippen LogP contribution in [0.25, 0.3) is 6.08 Å². The Hall–Kier alpha value is -3.50. The topological polar surface area (TPSA) is 90.3 Å². The van der Waals surface area contributed by atoms with Gasteiger partial charge in [-0.1, -0.05) is 45.5 Å². The van der Waals surface area contributed by atoms with Gasteiger partial charge in [-0.2, -0.15) is 10.1 Å². The molecule has 2 heterocycles. The SMILES string of the molecule is CCOC(=O)c1sc(N2N=C(C)/C(=C\c3ccc(OCc4ccc(Br)cc4)c(OC)c3)C2=O)nc1C. The standard InChI is InChI=1S/C26H24BrN3O5S/c1-5-34-25(32)23-16(3)28-26(36-23)30-24(31)20(15(2)29-30)12-18-8-11-21(22(13-18)33-4)35-14-17-6-9-19(27)10-7-17/h6-13H,5,14H2,1-4H3/b20-12+. The van der Waals surface area contributed by atoms with E-state index in [1.54, 1.807) is 40.0 Å². The van der Waals surface area contributed by atoms with Crippen LogP contribution in [0.4, 0.5) is 5.13 Å². The second kappa shape index (κ2) is 11.0. The fraction of sp³-hybridized carbons (Fsp3) is 0.231. The average Bonchev–Trinajstić information content (AvgIpc) is 3.38. The summed E-state index contributed by atoms with van der Waals surface area (Å²) in [6.07, 6.45) is 1.74. The van der Waals surface area contributed by atoms with Crippen molar-refractivity contribution in [2.45, 2.75) is 27.4 Å². The highest BCUT2D eigenvalue weighted by molar-refractivity contribution is 9.10. The Morgan fingerprint density at radius 3 is 2.58 bits per heavy atom. The average molecular weight is 570 g/mol. The maximum absolute atomic E-state index is 13.2. The maximum atomic E-state index is 13.2. The number of ether oxygens (including phenoxy) is 3. The lowest BCUT2D eigenvalue weighted by molar-refractivity contribution is -0.114. The molecule has 3 aromatic rings. The van der Waals surface area contributed by atoms with Crippen LogP contribution in [-0.2, 0) is 16.1 Å². The number of rotatable bonds is 8. The molecule has 0 unspecified atom stereocenters. The first-order valence-corrected chi connectivity index (χ1v) is 12.7.